The third-order valence-corrected chi connectivity index (χ3v) is 5.53. The molecule has 1 aliphatic rings. The monoisotopic (exact) mass is 406 g/mol. The van der Waals surface area contributed by atoms with Crippen molar-refractivity contribution in [3.8, 4) is 5.69 Å². The van der Waals surface area contributed by atoms with E-state index in [-0.39, 0.29) is 11.7 Å². The molecule has 0 unspecified atom stereocenters. The van der Waals surface area contributed by atoms with Gasteiger partial charge in [0.2, 0.25) is 5.95 Å². The zero-order chi connectivity index (χ0) is 20.7. The number of imidazole rings is 1. The van der Waals surface area contributed by atoms with Crippen LogP contribution in [0.25, 0.3) is 16.9 Å². The van der Waals surface area contributed by atoms with Gasteiger partial charge in [-0.3, -0.25) is 9.13 Å². The number of benzene rings is 1. The van der Waals surface area contributed by atoms with Crippen molar-refractivity contribution in [1.29, 1.82) is 0 Å². The van der Waals surface area contributed by atoms with E-state index < -0.39 is 0 Å². The zero-order valence-electron chi connectivity index (χ0n) is 16.8. The van der Waals surface area contributed by atoms with Crippen LogP contribution in [0, 0.1) is 6.92 Å². The van der Waals surface area contributed by atoms with Crippen molar-refractivity contribution in [3.63, 3.8) is 0 Å². The van der Waals surface area contributed by atoms with Gasteiger partial charge in [-0.2, -0.15) is 4.98 Å². The Kier molecular flexibility index (Phi) is 4.55. The first-order valence-electron chi connectivity index (χ1n) is 9.88. The molecule has 1 fully saturated rings. The van der Waals surface area contributed by atoms with E-state index in [1.54, 1.807) is 39.5 Å². The Balaban J connectivity index is 1.50. The van der Waals surface area contributed by atoms with E-state index in [0.717, 1.165) is 35.3 Å². The first-order valence-corrected chi connectivity index (χ1v) is 9.88. The van der Waals surface area contributed by atoms with Gasteiger partial charge in [-0.1, -0.05) is 5.21 Å². The van der Waals surface area contributed by atoms with Crippen molar-refractivity contribution >= 4 is 22.8 Å². The number of nitrogens with zero attached hydrogens (tertiary/aromatic N) is 7. The van der Waals surface area contributed by atoms with Crippen molar-refractivity contribution < 1.29 is 4.74 Å². The molecule has 0 bridgehead atoms. The van der Waals surface area contributed by atoms with E-state index in [2.05, 4.69) is 20.6 Å². The molecule has 1 N–H and O–H groups in total. The zero-order valence-corrected chi connectivity index (χ0v) is 16.8. The molecule has 0 radical (unpaired) electrons. The number of nitrogens with one attached hydrogen (secondary N) is 1. The lowest BCUT2D eigenvalue weighted by Gasteiger charge is -2.22. The lowest BCUT2D eigenvalue weighted by Crippen LogP contribution is -2.30. The maximum atomic E-state index is 12.8. The van der Waals surface area contributed by atoms with Crippen LogP contribution in [0.15, 0.2) is 41.6 Å². The second-order valence-corrected chi connectivity index (χ2v) is 7.43. The van der Waals surface area contributed by atoms with Crippen LogP contribution in [0.5, 0.6) is 0 Å². The van der Waals surface area contributed by atoms with E-state index in [0.29, 0.717) is 24.8 Å². The highest BCUT2D eigenvalue weighted by molar-refractivity contribution is 5.73. The molecule has 3 aromatic heterocycles. The van der Waals surface area contributed by atoms with Gasteiger partial charge in [0.15, 0.2) is 5.65 Å². The van der Waals surface area contributed by atoms with Gasteiger partial charge >= 0.3 is 5.69 Å². The van der Waals surface area contributed by atoms with Crippen LogP contribution >= 0.6 is 0 Å². The van der Waals surface area contributed by atoms with Crippen LogP contribution in [-0.2, 0) is 11.8 Å². The summed E-state index contributed by atoms with van der Waals surface area (Å²) in [6, 6.07) is 6.00. The van der Waals surface area contributed by atoms with E-state index in [1.807, 2.05) is 25.1 Å². The molecule has 4 aromatic rings. The van der Waals surface area contributed by atoms with Crippen molar-refractivity contribution in [1.82, 2.24) is 34.1 Å². The Labute approximate surface area is 172 Å². The van der Waals surface area contributed by atoms with E-state index in [1.165, 1.54) is 0 Å². The van der Waals surface area contributed by atoms with Crippen molar-refractivity contribution in [2.75, 3.05) is 18.5 Å². The number of aromatic nitrogens is 7. The molecule has 0 atom stereocenters. The van der Waals surface area contributed by atoms with Gasteiger partial charge in [-0.05, 0) is 43.5 Å². The van der Waals surface area contributed by atoms with Gasteiger partial charge in [-0.25, -0.2) is 14.5 Å². The van der Waals surface area contributed by atoms with Gasteiger partial charge < -0.3 is 10.1 Å². The minimum Gasteiger partial charge on any atom is -0.381 e. The highest BCUT2D eigenvalue weighted by Crippen LogP contribution is 2.25. The van der Waals surface area contributed by atoms with Gasteiger partial charge in [0.05, 0.1) is 24.3 Å². The number of rotatable bonds is 4. The fourth-order valence-electron chi connectivity index (χ4n) is 3.87. The lowest BCUT2D eigenvalue weighted by molar-refractivity contribution is 0.0695. The average molecular weight is 406 g/mol. The molecule has 30 heavy (non-hydrogen) atoms. The Morgan fingerprint density at radius 3 is 2.80 bits per heavy atom. The molecule has 1 saturated heterocycles. The molecule has 0 spiro atoms. The molecule has 0 aliphatic carbocycles. The summed E-state index contributed by atoms with van der Waals surface area (Å²) in [5.41, 5.74) is 4.11. The normalized spacial score (nSPS) is 15.0. The van der Waals surface area contributed by atoms with Crippen LogP contribution in [0.1, 0.15) is 24.4 Å². The first-order chi connectivity index (χ1) is 14.6. The summed E-state index contributed by atoms with van der Waals surface area (Å²) in [7, 11) is 1.75. The maximum absolute atomic E-state index is 12.8. The molecule has 154 valence electrons. The predicted octanol–water partition coefficient (Wildman–Crippen LogP) is 2.11. The quantitative estimate of drug-likeness (QED) is 0.553. The SMILES string of the molecule is Cc1cc(-n2ccnn2)ccc1Nc1ncc2c(n1)n(C1CCOCC1)c(=O)n2C. The minimum absolute atomic E-state index is 0.0725. The molecule has 1 aromatic carbocycles. The number of hydrogen-bond donors (Lipinski definition) is 1. The molecular formula is C20H22N8O2. The van der Waals surface area contributed by atoms with Crippen LogP contribution in [0.3, 0.4) is 0 Å². The molecule has 4 heterocycles. The third-order valence-electron chi connectivity index (χ3n) is 5.53. The highest BCUT2D eigenvalue weighted by Gasteiger charge is 2.23. The minimum atomic E-state index is -0.0725. The Hall–Kier alpha value is -3.53. The topological polar surface area (TPSA) is 105 Å². The Morgan fingerprint density at radius 1 is 1.23 bits per heavy atom. The summed E-state index contributed by atoms with van der Waals surface area (Å²) in [5, 5.41) is 11.1. The standard InChI is InChI=1S/C20H22N8O2/c1-13-11-15(27-8-7-22-25-27)3-4-16(13)23-19-21-12-17-18(24-19)28(20(29)26(17)2)14-5-9-30-10-6-14/h3-4,7-8,11-12,14H,5-6,9-10H2,1-2H3,(H,21,23,24). The van der Waals surface area contributed by atoms with Gasteiger partial charge in [0, 0.05) is 32.0 Å². The fourth-order valence-corrected chi connectivity index (χ4v) is 3.87. The van der Waals surface area contributed by atoms with E-state index in [9.17, 15) is 4.79 Å². The second-order valence-electron chi connectivity index (χ2n) is 7.43. The third kappa shape index (κ3) is 3.14. The second kappa shape index (κ2) is 7.38. The summed E-state index contributed by atoms with van der Waals surface area (Å²) in [6.45, 7) is 3.31. The predicted molar refractivity (Wildman–Crippen MR) is 111 cm³/mol. The summed E-state index contributed by atoms with van der Waals surface area (Å²) >= 11 is 0. The summed E-state index contributed by atoms with van der Waals surface area (Å²) in [4.78, 5) is 22.0. The molecule has 1 aliphatic heterocycles. The molecule has 10 nitrogen and oxygen atoms in total. The van der Waals surface area contributed by atoms with Gasteiger partial charge in [0.1, 0.15) is 5.52 Å². The Morgan fingerprint density at radius 2 is 2.07 bits per heavy atom. The van der Waals surface area contributed by atoms with Crippen LogP contribution < -0.4 is 11.0 Å². The fraction of sp³-hybridized carbons (Fsp3) is 0.350. The number of anilines is 2. The van der Waals surface area contributed by atoms with Crippen LogP contribution in [0.2, 0.25) is 0 Å². The van der Waals surface area contributed by atoms with E-state index in [4.69, 9.17) is 9.72 Å². The lowest BCUT2D eigenvalue weighted by atomic mass is 10.1. The number of fused-ring (bicyclic) bond motifs is 1. The molecule has 10 heteroatoms. The number of hydrogen-bond acceptors (Lipinski definition) is 7. The van der Waals surface area contributed by atoms with Gasteiger partial charge in [-0.15, -0.1) is 5.10 Å². The molecular weight excluding hydrogens is 384 g/mol. The van der Waals surface area contributed by atoms with Crippen molar-refractivity contribution in [3.05, 3.63) is 52.8 Å². The number of aryl methyl sites for hydroxylation is 2. The van der Waals surface area contributed by atoms with Crippen LogP contribution in [0.4, 0.5) is 11.6 Å². The first kappa shape index (κ1) is 18.5. The highest BCUT2D eigenvalue weighted by atomic mass is 16.5. The summed E-state index contributed by atoms with van der Waals surface area (Å²) < 4.78 is 10.5. The maximum Gasteiger partial charge on any atom is 0.330 e. The molecule has 0 saturated carbocycles. The van der Waals surface area contributed by atoms with Crippen molar-refractivity contribution in [2.45, 2.75) is 25.8 Å². The molecule has 0 amide bonds. The smallest absolute Gasteiger partial charge is 0.330 e. The summed E-state index contributed by atoms with van der Waals surface area (Å²) in [6.07, 6.45) is 6.73. The van der Waals surface area contributed by atoms with Crippen molar-refractivity contribution in [2.24, 2.45) is 7.05 Å². The number of ether oxygens (including phenoxy) is 1. The largest absolute Gasteiger partial charge is 0.381 e. The Bertz CT molecular complexity index is 1250. The van der Waals surface area contributed by atoms with Gasteiger partial charge in [0.25, 0.3) is 0 Å². The van der Waals surface area contributed by atoms with Crippen LogP contribution in [-0.4, -0.2) is 47.3 Å². The van der Waals surface area contributed by atoms with E-state index >= 15 is 0 Å². The average Bonchev–Trinajstić information content (AvgIpc) is 3.38. The molecule has 5 rings (SSSR count). The summed E-state index contributed by atoms with van der Waals surface area (Å²) in [5.74, 6) is 0.450.